The lowest BCUT2D eigenvalue weighted by molar-refractivity contribution is 0.112. The van der Waals surface area contributed by atoms with Crippen molar-refractivity contribution in [3.05, 3.63) is 45.2 Å². The summed E-state index contributed by atoms with van der Waals surface area (Å²) < 4.78 is 0. The fourth-order valence-electron chi connectivity index (χ4n) is 1.32. The molecule has 0 unspecified atom stereocenters. The van der Waals surface area contributed by atoms with Crippen molar-refractivity contribution in [3.8, 4) is 0 Å². The molecule has 0 aliphatic rings. The van der Waals surface area contributed by atoms with Crippen LogP contribution in [0.5, 0.6) is 0 Å². The fourth-order valence-corrected chi connectivity index (χ4v) is 2.52. The molecule has 92 valence electrons. The number of nitrogen functional groups attached to an aromatic ring is 1. The van der Waals surface area contributed by atoms with E-state index < -0.39 is 0 Å². The number of hydrogen-bond donors (Lipinski definition) is 2. The molecule has 0 amide bonds. The fraction of sp³-hybridized carbons (Fsp3) is 0. The molecule has 0 bridgehead atoms. The van der Waals surface area contributed by atoms with Crippen LogP contribution in [0.3, 0.4) is 0 Å². The Kier molecular flexibility index (Phi) is 3.69. The maximum absolute atomic E-state index is 11.2. The smallest absolute Gasteiger partial charge is 0.253 e. The topological polar surface area (TPSA) is 88.8 Å². The zero-order valence-electron chi connectivity index (χ0n) is 9.01. The number of anilines is 1. The molecule has 2 rings (SSSR count). The Morgan fingerprint density at radius 2 is 2.22 bits per heavy atom. The predicted molar refractivity (Wildman–Crippen MR) is 70.2 cm³/mol. The van der Waals surface area contributed by atoms with Crippen LogP contribution in [0.25, 0.3) is 0 Å². The third-order valence-corrected chi connectivity index (χ3v) is 3.54. The Hall–Kier alpha value is -1.79. The molecule has 7 heteroatoms. The second-order valence-corrected chi connectivity index (χ2v) is 4.76. The van der Waals surface area contributed by atoms with Gasteiger partial charge in [-0.2, -0.15) is 0 Å². The van der Waals surface area contributed by atoms with Crippen LogP contribution in [0, 0.1) is 0 Å². The normalized spacial score (nSPS) is 10.3. The van der Waals surface area contributed by atoms with E-state index in [1.807, 2.05) is 0 Å². The zero-order valence-corrected chi connectivity index (χ0v) is 10.6. The number of hydrogen-bond acceptors (Lipinski definition) is 5. The Morgan fingerprint density at radius 1 is 1.44 bits per heavy atom. The summed E-state index contributed by atoms with van der Waals surface area (Å²) in [5.74, 6) is 0.112. The Morgan fingerprint density at radius 3 is 2.89 bits per heavy atom. The lowest BCUT2D eigenvalue weighted by Gasteiger charge is -2.06. The number of nitrogens with one attached hydrogen (secondary N) is 1. The first-order valence-electron chi connectivity index (χ1n) is 4.88. The summed E-state index contributed by atoms with van der Waals surface area (Å²) in [6.07, 6.45) is 0.693. The number of nitrogens with zero attached hydrogens (tertiary/aromatic N) is 1. The molecule has 0 saturated heterocycles. The van der Waals surface area contributed by atoms with Gasteiger partial charge in [-0.1, -0.05) is 23.7 Å². The first-order valence-corrected chi connectivity index (χ1v) is 6.08. The average molecular weight is 282 g/mol. The number of aldehydes is 1. The summed E-state index contributed by atoms with van der Waals surface area (Å²) in [7, 11) is 0. The van der Waals surface area contributed by atoms with E-state index >= 15 is 0 Å². The average Bonchev–Trinajstić information content (AvgIpc) is 2.30. The van der Waals surface area contributed by atoms with Gasteiger partial charge in [-0.25, -0.2) is 4.98 Å². The maximum Gasteiger partial charge on any atom is 0.253 e. The molecule has 0 radical (unpaired) electrons. The minimum absolute atomic E-state index is 0.112. The highest BCUT2D eigenvalue weighted by atomic mass is 35.5. The molecule has 1 heterocycles. The molecule has 2 aromatic rings. The molecule has 18 heavy (non-hydrogen) atoms. The molecule has 1 aromatic carbocycles. The minimum atomic E-state index is -0.357. The summed E-state index contributed by atoms with van der Waals surface area (Å²) in [5.41, 5.74) is 5.55. The highest BCUT2D eigenvalue weighted by Crippen LogP contribution is 2.33. The van der Waals surface area contributed by atoms with Gasteiger partial charge in [-0.15, -0.1) is 0 Å². The van der Waals surface area contributed by atoms with Gasteiger partial charge in [0.25, 0.3) is 5.56 Å². The number of rotatable bonds is 3. The van der Waals surface area contributed by atoms with Crippen LogP contribution < -0.4 is 11.3 Å². The van der Waals surface area contributed by atoms with E-state index in [1.54, 1.807) is 18.2 Å². The predicted octanol–water partition coefficient (Wildman–Crippen LogP) is 1.97. The highest BCUT2D eigenvalue weighted by molar-refractivity contribution is 7.99. The van der Waals surface area contributed by atoms with Crippen molar-refractivity contribution in [1.82, 2.24) is 9.97 Å². The molecule has 0 spiro atoms. The Balaban J connectivity index is 2.45. The molecular weight excluding hydrogens is 274 g/mol. The molecular formula is C11H8ClN3O2S. The van der Waals surface area contributed by atoms with Crippen LogP contribution in [0.1, 0.15) is 10.4 Å². The third-order valence-electron chi connectivity index (χ3n) is 2.06. The van der Waals surface area contributed by atoms with Gasteiger partial charge in [0.2, 0.25) is 0 Å². The van der Waals surface area contributed by atoms with Crippen LogP contribution in [-0.2, 0) is 0 Å². The molecule has 5 nitrogen and oxygen atoms in total. The van der Waals surface area contributed by atoms with Crippen molar-refractivity contribution in [1.29, 1.82) is 0 Å². The van der Waals surface area contributed by atoms with E-state index in [0.29, 0.717) is 21.8 Å². The van der Waals surface area contributed by atoms with E-state index in [0.717, 1.165) is 11.8 Å². The van der Waals surface area contributed by atoms with E-state index in [-0.39, 0.29) is 16.5 Å². The standard InChI is InChI=1S/C11H8ClN3O2S/c12-7-3-1-2-6(5-16)10(7)18-11-14-8(13)4-9(17)15-11/h1-5H,(H3,13,14,15,17). The van der Waals surface area contributed by atoms with Crippen LogP contribution in [0.2, 0.25) is 5.02 Å². The number of aromatic nitrogens is 2. The van der Waals surface area contributed by atoms with Gasteiger partial charge in [0, 0.05) is 16.5 Å². The van der Waals surface area contributed by atoms with Crippen molar-refractivity contribution in [3.63, 3.8) is 0 Å². The SMILES string of the molecule is Nc1cc(=O)[nH]c(Sc2c(Cl)cccc2C=O)n1. The molecule has 1 aromatic heterocycles. The van der Waals surface area contributed by atoms with Crippen molar-refractivity contribution >= 4 is 35.5 Å². The minimum Gasteiger partial charge on any atom is -0.383 e. The van der Waals surface area contributed by atoms with Crippen LogP contribution >= 0.6 is 23.4 Å². The first kappa shape index (κ1) is 12.7. The van der Waals surface area contributed by atoms with Crippen LogP contribution in [0.15, 0.2) is 39.1 Å². The van der Waals surface area contributed by atoms with Gasteiger partial charge in [-0.3, -0.25) is 9.59 Å². The van der Waals surface area contributed by atoms with Gasteiger partial charge in [0.1, 0.15) is 5.82 Å². The second kappa shape index (κ2) is 5.24. The largest absolute Gasteiger partial charge is 0.383 e. The van der Waals surface area contributed by atoms with Crippen molar-refractivity contribution in [2.75, 3.05) is 5.73 Å². The van der Waals surface area contributed by atoms with Crippen molar-refractivity contribution in [2.24, 2.45) is 0 Å². The summed E-state index contributed by atoms with van der Waals surface area (Å²) in [6.45, 7) is 0. The van der Waals surface area contributed by atoms with Crippen LogP contribution in [-0.4, -0.2) is 16.3 Å². The van der Waals surface area contributed by atoms with Gasteiger partial charge in [-0.05, 0) is 17.8 Å². The number of halogens is 1. The first-order chi connectivity index (χ1) is 8.60. The number of carbonyl (C=O) groups is 1. The van der Waals surface area contributed by atoms with E-state index in [2.05, 4.69) is 9.97 Å². The Labute approximate surface area is 111 Å². The highest BCUT2D eigenvalue weighted by Gasteiger charge is 2.10. The Bertz CT molecular complexity index is 657. The number of benzene rings is 1. The third kappa shape index (κ3) is 2.72. The quantitative estimate of drug-likeness (QED) is 0.663. The molecule has 0 aliphatic heterocycles. The summed E-state index contributed by atoms with van der Waals surface area (Å²) in [4.78, 5) is 29.2. The van der Waals surface area contributed by atoms with Gasteiger partial charge < -0.3 is 10.7 Å². The molecule has 0 atom stereocenters. The van der Waals surface area contributed by atoms with Crippen LogP contribution in [0.4, 0.5) is 5.82 Å². The van der Waals surface area contributed by atoms with E-state index in [4.69, 9.17) is 17.3 Å². The summed E-state index contributed by atoms with van der Waals surface area (Å²) in [5, 5.41) is 0.700. The second-order valence-electron chi connectivity index (χ2n) is 3.35. The van der Waals surface area contributed by atoms with Gasteiger partial charge in [0.05, 0.1) is 5.02 Å². The van der Waals surface area contributed by atoms with Gasteiger partial charge in [0.15, 0.2) is 11.4 Å². The monoisotopic (exact) mass is 281 g/mol. The zero-order chi connectivity index (χ0) is 13.1. The van der Waals surface area contributed by atoms with Gasteiger partial charge >= 0.3 is 0 Å². The lowest BCUT2D eigenvalue weighted by Crippen LogP contribution is -2.09. The van der Waals surface area contributed by atoms with E-state index in [9.17, 15) is 9.59 Å². The molecule has 3 N–H and O–H groups in total. The van der Waals surface area contributed by atoms with Crippen molar-refractivity contribution in [2.45, 2.75) is 10.1 Å². The molecule has 0 saturated carbocycles. The number of aromatic amines is 1. The number of H-pyrrole nitrogens is 1. The maximum atomic E-state index is 11.2. The number of nitrogens with two attached hydrogens (primary N) is 1. The molecule has 0 aliphatic carbocycles. The number of carbonyl (C=O) groups excluding carboxylic acids is 1. The van der Waals surface area contributed by atoms with Crippen molar-refractivity contribution < 1.29 is 4.79 Å². The summed E-state index contributed by atoms with van der Waals surface area (Å²) >= 11 is 7.09. The lowest BCUT2D eigenvalue weighted by atomic mass is 10.2. The summed E-state index contributed by atoms with van der Waals surface area (Å²) in [6, 6.07) is 6.13. The van der Waals surface area contributed by atoms with E-state index in [1.165, 1.54) is 6.07 Å². The molecule has 0 fully saturated rings.